The number of carbonyl (C=O) groups is 2. The van der Waals surface area contributed by atoms with Crippen LogP contribution in [-0.4, -0.2) is 43.0 Å². The lowest BCUT2D eigenvalue weighted by atomic mass is 10.1. The van der Waals surface area contributed by atoms with E-state index >= 15 is 0 Å². The molecule has 1 N–H and O–H groups in total. The highest BCUT2D eigenvalue weighted by atomic mass is 32.1. The Balaban J connectivity index is 1.76. The molecule has 1 fully saturated rings. The predicted molar refractivity (Wildman–Crippen MR) is 99.2 cm³/mol. The molecule has 2 amide bonds. The first-order chi connectivity index (χ1) is 12.2. The minimum Gasteiger partial charge on any atom is -0.381 e. The summed E-state index contributed by atoms with van der Waals surface area (Å²) in [6, 6.07) is 10.8. The third-order valence-electron chi connectivity index (χ3n) is 4.32. The Hall–Kier alpha value is -2.18. The van der Waals surface area contributed by atoms with Crippen LogP contribution in [0.25, 0.3) is 0 Å². The molecule has 0 bridgehead atoms. The van der Waals surface area contributed by atoms with Gasteiger partial charge < -0.3 is 15.0 Å². The summed E-state index contributed by atoms with van der Waals surface area (Å²) >= 11 is 1.38. The molecular formula is C19H22N2O3S. The third kappa shape index (κ3) is 4.27. The van der Waals surface area contributed by atoms with E-state index in [1.165, 1.54) is 11.3 Å². The van der Waals surface area contributed by atoms with E-state index in [0.717, 1.165) is 13.0 Å². The topological polar surface area (TPSA) is 58.6 Å². The number of para-hydroxylation sites is 1. The molecule has 2 aromatic rings. The Morgan fingerprint density at radius 1 is 1.28 bits per heavy atom. The van der Waals surface area contributed by atoms with Gasteiger partial charge >= 0.3 is 0 Å². The van der Waals surface area contributed by atoms with Crippen LogP contribution < -0.4 is 5.32 Å². The highest BCUT2D eigenvalue weighted by Crippen LogP contribution is 2.21. The third-order valence-corrected chi connectivity index (χ3v) is 5.19. The highest BCUT2D eigenvalue weighted by Gasteiger charge is 2.24. The largest absolute Gasteiger partial charge is 0.381 e. The first-order valence-electron chi connectivity index (χ1n) is 8.50. The zero-order chi connectivity index (χ0) is 17.6. The average Bonchev–Trinajstić information content (AvgIpc) is 3.33. The van der Waals surface area contributed by atoms with Gasteiger partial charge in [0.2, 0.25) is 0 Å². The maximum Gasteiger partial charge on any atom is 0.265 e. The van der Waals surface area contributed by atoms with E-state index in [1.807, 2.05) is 35.4 Å². The predicted octanol–water partition coefficient (Wildman–Crippen LogP) is 3.50. The fourth-order valence-electron chi connectivity index (χ4n) is 2.94. The monoisotopic (exact) mass is 358 g/mol. The van der Waals surface area contributed by atoms with Crippen molar-refractivity contribution in [1.29, 1.82) is 0 Å². The van der Waals surface area contributed by atoms with Gasteiger partial charge in [0.15, 0.2) is 0 Å². The summed E-state index contributed by atoms with van der Waals surface area (Å²) in [6.07, 6.45) is 0.987. The molecule has 1 aliphatic heterocycles. The van der Waals surface area contributed by atoms with Gasteiger partial charge in [-0.25, -0.2) is 0 Å². The second-order valence-corrected chi connectivity index (χ2v) is 7.00. The molecule has 1 aromatic heterocycles. The van der Waals surface area contributed by atoms with Crippen LogP contribution in [0.15, 0.2) is 41.8 Å². The van der Waals surface area contributed by atoms with Crippen LogP contribution in [0.5, 0.6) is 0 Å². The van der Waals surface area contributed by atoms with E-state index in [-0.39, 0.29) is 11.8 Å². The molecular weight excluding hydrogens is 336 g/mol. The van der Waals surface area contributed by atoms with Gasteiger partial charge in [-0.3, -0.25) is 9.59 Å². The number of nitrogens with one attached hydrogen (secondary N) is 1. The van der Waals surface area contributed by atoms with Crippen LogP contribution in [0.3, 0.4) is 0 Å². The summed E-state index contributed by atoms with van der Waals surface area (Å²) in [5.41, 5.74) is 1.07. The van der Waals surface area contributed by atoms with E-state index in [1.54, 1.807) is 18.2 Å². The molecule has 6 heteroatoms. The van der Waals surface area contributed by atoms with Gasteiger partial charge in [0.25, 0.3) is 11.8 Å². The Morgan fingerprint density at radius 2 is 2.12 bits per heavy atom. The van der Waals surface area contributed by atoms with Crippen molar-refractivity contribution in [1.82, 2.24) is 4.90 Å². The molecule has 0 spiro atoms. The summed E-state index contributed by atoms with van der Waals surface area (Å²) in [7, 11) is 0. The molecule has 0 radical (unpaired) electrons. The molecule has 3 rings (SSSR count). The lowest BCUT2D eigenvalue weighted by Crippen LogP contribution is -2.36. The maximum atomic E-state index is 13.0. The summed E-state index contributed by atoms with van der Waals surface area (Å²) in [5, 5.41) is 4.72. The molecule has 0 aliphatic carbocycles. The molecule has 1 unspecified atom stereocenters. The van der Waals surface area contributed by atoms with Crippen molar-refractivity contribution in [3.63, 3.8) is 0 Å². The van der Waals surface area contributed by atoms with E-state index in [9.17, 15) is 9.59 Å². The van der Waals surface area contributed by atoms with E-state index in [0.29, 0.717) is 41.7 Å². The Kier molecular flexibility index (Phi) is 5.83. The molecule has 25 heavy (non-hydrogen) atoms. The number of hydrogen-bond acceptors (Lipinski definition) is 4. The van der Waals surface area contributed by atoms with Crippen LogP contribution in [-0.2, 0) is 4.74 Å². The molecule has 1 aliphatic rings. The fourth-order valence-corrected chi connectivity index (χ4v) is 3.55. The van der Waals surface area contributed by atoms with Crippen molar-refractivity contribution in [2.75, 3.05) is 31.6 Å². The van der Waals surface area contributed by atoms with Crippen LogP contribution in [0, 0.1) is 5.92 Å². The molecule has 0 saturated carbocycles. The molecule has 132 valence electrons. The number of carbonyl (C=O) groups excluding carboxylic acids is 2. The van der Waals surface area contributed by atoms with E-state index < -0.39 is 0 Å². The number of ether oxygens (including phenoxy) is 1. The van der Waals surface area contributed by atoms with Gasteiger partial charge in [-0.15, -0.1) is 11.3 Å². The summed E-state index contributed by atoms with van der Waals surface area (Å²) < 4.78 is 5.41. The second-order valence-electron chi connectivity index (χ2n) is 6.05. The summed E-state index contributed by atoms with van der Waals surface area (Å²) in [5.74, 6) is 0.135. The van der Waals surface area contributed by atoms with Crippen LogP contribution in [0.4, 0.5) is 5.69 Å². The lowest BCUT2D eigenvalue weighted by molar-refractivity contribution is 0.0732. The fraction of sp³-hybridized carbons (Fsp3) is 0.368. The zero-order valence-electron chi connectivity index (χ0n) is 14.2. The highest BCUT2D eigenvalue weighted by molar-refractivity contribution is 7.12. The van der Waals surface area contributed by atoms with Crippen molar-refractivity contribution in [3.8, 4) is 0 Å². The summed E-state index contributed by atoms with van der Waals surface area (Å²) in [4.78, 5) is 27.8. The zero-order valence-corrected chi connectivity index (χ0v) is 15.1. The number of amides is 2. The van der Waals surface area contributed by atoms with Crippen molar-refractivity contribution >= 4 is 28.8 Å². The van der Waals surface area contributed by atoms with Gasteiger partial charge in [-0.2, -0.15) is 0 Å². The molecule has 1 saturated heterocycles. The van der Waals surface area contributed by atoms with Crippen molar-refractivity contribution in [2.45, 2.75) is 13.3 Å². The minimum atomic E-state index is -0.192. The quantitative estimate of drug-likeness (QED) is 0.860. The van der Waals surface area contributed by atoms with Crippen LogP contribution in [0.1, 0.15) is 33.4 Å². The number of nitrogens with zero attached hydrogens (tertiary/aromatic N) is 1. The van der Waals surface area contributed by atoms with Crippen LogP contribution >= 0.6 is 11.3 Å². The van der Waals surface area contributed by atoms with Gasteiger partial charge in [-0.05, 0) is 36.9 Å². The maximum absolute atomic E-state index is 13.0. The summed E-state index contributed by atoms with van der Waals surface area (Å²) in [6.45, 7) is 4.76. The van der Waals surface area contributed by atoms with Gasteiger partial charge in [0.1, 0.15) is 0 Å². The number of hydrogen-bond donors (Lipinski definition) is 1. The number of benzene rings is 1. The smallest absolute Gasteiger partial charge is 0.265 e. The molecule has 2 heterocycles. The lowest BCUT2D eigenvalue weighted by Gasteiger charge is -2.25. The molecule has 5 nitrogen and oxygen atoms in total. The number of thiophene rings is 1. The number of anilines is 1. The van der Waals surface area contributed by atoms with Crippen molar-refractivity contribution in [2.24, 2.45) is 5.92 Å². The van der Waals surface area contributed by atoms with Crippen molar-refractivity contribution in [3.05, 3.63) is 52.2 Å². The van der Waals surface area contributed by atoms with E-state index in [4.69, 9.17) is 4.74 Å². The minimum absolute atomic E-state index is 0.0588. The Labute approximate surface area is 151 Å². The Morgan fingerprint density at radius 3 is 2.80 bits per heavy atom. The number of rotatable bonds is 6. The van der Waals surface area contributed by atoms with Gasteiger partial charge in [0, 0.05) is 25.6 Å². The van der Waals surface area contributed by atoms with E-state index in [2.05, 4.69) is 5.32 Å². The Bertz CT molecular complexity index is 724. The average molecular weight is 358 g/mol. The van der Waals surface area contributed by atoms with Crippen LogP contribution in [0.2, 0.25) is 0 Å². The SMILES string of the molecule is CCN(CC1CCOC1)C(=O)c1ccccc1NC(=O)c1cccs1. The second kappa shape index (κ2) is 8.27. The normalized spacial score (nSPS) is 16.6. The molecule has 1 atom stereocenters. The van der Waals surface area contributed by atoms with Gasteiger partial charge in [0.05, 0.1) is 22.7 Å². The molecule has 1 aromatic carbocycles. The van der Waals surface area contributed by atoms with Gasteiger partial charge in [-0.1, -0.05) is 18.2 Å². The first-order valence-corrected chi connectivity index (χ1v) is 9.38. The standard InChI is InChI=1S/C19H22N2O3S/c1-2-21(12-14-9-10-24-13-14)19(23)15-6-3-4-7-16(15)20-18(22)17-8-5-11-25-17/h3-8,11,14H,2,9-10,12-13H2,1H3,(H,20,22). The van der Waals surface area contributed by atoms with Crippen molar-refractivity contribution < 1.29 is 14.3 Å². The first kappa shape index (κ1) is 17.6.